The maximum atomic E-state index is 11.7. The summed E-state index contributed by atoms with van der Waals surface area (Å²) in [4.78, 5) is 15.6. The van der Waals surface area contributed by atoms with Crippen LogP contribution in [0.1, 0.15) is 33.6 Å². The van der Waals surface area contributed by atoms with Crippen LogP contribution in [0.2, 0.25) is 0 Å². The van der Waals surface area contributed by atoms with Gasteiger partial charge in [-0.25, -0.2) is 4.79 Å². The highest BCUT2D eigenvalue weighted by Gasteiger charge is 2.50. The van der Waals surface area contributed by atoms with Crippen LogP contribution in [0.3, 0.4) is 0 Å². The second kappa shape index (κ2) is 8.28. The van der Waals surface area contributed by atoms with E-state index >= 15 is 0 Å². The molecular weight excluding hydrogens is 332 g/mol. The maximum absolute atomic E-state index is 11.7. The first-order valence-corrected chi connectivity index (χ1v) is 10.0. The molecule has 2 bridgehead atoms. The molecule has 0 unspecified atom stereocenters. The van der Waals surface area contributed by atoms with E-state index in [2.05, 4.69) is 24.8 Å². The normalized spacial score (nSPS) is 28.9. The third-order valence-corrected chi connectivity index (χ3v) is 6.53. The molecule has 1 heterocycles. The fourth-order valence-electron chi connectivity index (χ4n) is 4.63. The Morgan fingerprint density at radius 1 is 1.35 bits per heavy atom. The molecule has 0 radical (unpaired) electrons. The van der Waals surface area contributed by atoms with Crippen LogP contribution in [0.5, 0.6) is 0 Å². The zero-order valence-electron chi connectivity index (χ0n) is 16.4. The van der Waals surface area contributed by atoms with Crippen LogP contribution in [-0.2, 0) is 9.47 Å². The Hall–Kier alpha value is -1.11. The fraction of sp³-hybridized carbons (Fsp3) is 0.850. The Labute approximate surface area is 157 Å². The van der Waals surface area contributed by atoms with Crippen molar-refractivity contribution in [3.8, 4) is 0 Å². The Bertz CT molecular complexity index is 526. The largest absolute Gasteiger partial charge is 0.450 e. The van der Waals surface area contributed by atoms with E-state index in [4.69, 9.17) is 9.47 Å². The predicted molar refractivity (Wildman–Crippen MR) is 99.9 cm³/mol. The van der Waals surface area contributed by atoms with Crippen molar-refractivity contribution in [3.63, 3.8) is 0 Å². The average Bonchev–Trinajstić information content (AvgIpc) is 2.62. The van der Waals surface area contributed by atoms with Gasteiger partial charge in [0.2, 0.25) is 0 Å². The lowest BCUT2D eigenvalue weighted by Crippen LogP contribution is -2.51. The molecule has 1 saturated heterocycles. The van der Waals surface area contributed by atoms with Crippen LogP contribution in [-0.4, -0.2) is 79.6 Å². The molecule has 1 amide bonds. The summed E-state index contributed by atoms with van der Waals surface area (Å²) in [6, 6.07) is 0. The number of amides is 1. The molecule has 6 heteroatoms. The zero-order valence-corrected chi connectivity index (χ0v) is 16.4. The van der Waals surface area contributed by atoms with Gasteiger partial charge < -0.3 is 19.5 Å². The van der Waals surface area contributed by atoms with Gasteiger partial charge in [0.1, 0.15) is 0 Å². The molecule has 4 aliphatic rings. The number of nitrogens with zero attached hydrogens (tertiary/aromatic N) is 2. The molecule has 6 nitrogen and oxygen atoms in total. The number of aliphatic hydroxyl groups is 1. The quantitative estimate of drug-likeness (QED) is 0.700. The number of hydrogen-bond acceptors (Lipinski definition) is 5. The topological polar surface area (TPSA) is 62.2 Å². The van der Waals surface area contributed by atoms with Crippen LogP contribution in [0.15, 0.2) is 11.6 Å². The van der Waals surface area contributed by atoms with E-state index < -0.39 is 6.10 Å². The Balaban J connectivity index is 1.32. The number of rotatable bonds is 7. The fourth-order valence-corrected chi connectivity index (χ4v) is 4.63. The van der Waals surface area contributed by atoms with Gasteiger partial charge in [0.05, 0.1) is 25.9 Å². The van der Waals surface area contributed by atoms with Gasteiger partial charge in [-0.3, -0.25) is 4.90 Å². The highest BCUT2D eigenvalue weighted by Crippen LogP contribution is 2.59. The van der Waals surface area contributed by atoms with Crippen LogP contribution >= 0.6 is 0 Å². The molecule has 26 heavy (non-hydrogen) atoms. The van der Waals surface area contributed by atoms with Gasteiger partial charge in [0, 0.05) is 32.7 Å². The summed E-state index contributed by atoms with van der Waals surface area (Å²) >= 11 is 0. The molecule has 3 atom stereocenters. The highest BCUT2D eigenvalue weighted by atomic mass is 16.6. The van der Waals surface area contributed by atoms with Crippen LogP contribution < -0.4 is 0 Å². The van der Waals surface area contributed by atoms with E-state index in [0.717, 1.165) is 19.0 Å². The molecule has 4 rings (SSSR count). The van der Waals surface area contributed by atoms with Gasteiger partial charge in [0.15, 0.2) is 0 Å². The number of aliphatic hydroxyl groups excluding tert-OH is 1. The van der Waals surface area contributed by atoms with Gasteiger partial charge in [-0.05, 0) is 42.6 Å². The predicted octanol–water partition coefficient (Wildman–Crippen LogP) is 2.13. The molecule has 0 aromatic carbocycles. The molecule has 0 aromatic rings. The van der Waals surface area contributed by atoms with Crippen molar-refractivity contribution in [2.75, 3.05) is 52.5 Å². The minimum absolute atomic E-state index is 0.238. The number of ether oxygens (including phenoxy) is 2. The number of carbonyl (C=O) groups excluding carboxylic acids is 1. The lowest BCUT2D eigenvalue weighted by atomic mass is 9.49. The van der Waals surface area contributed by atoms with Crippen LogP contribution in [0, 0.1) is 17.3 Å². The number of allylic oxidation sites excluding steroid dienone is 1. The van der Waals surface area contributed by atoms with Crippen molar-refractivity contribution < 1.29 is 19.4 Å². The Morgan fingerprint density at radius 3 is 2.69 bits per heavy atom. The number of β-amino-alcohol motifs (C(OH)–C–C–N with tert-alkyl or cyclic N) is 1. The van der Waals surface area contributed by atoms with Crippen molar-refractivity contribution in [3.05, 3.63) is 11.6 Å². The van der Waals surface area contributed by atoms with Gasteiger partial charge >= 0.3 is 6.09 Å². The van der Waals surface area contributed by atoms with E-state index in [1.165, 1.54) is 18.4 Å². The van der Waals surface area contributed by atoms with Gasteiger partial charge in [-0.1, -0.05) is 19.9 Å². The monoisotopic (exact) mass is 366 g/mol. The smallest absolute Gasteiger partial charge is 0.409 e. The first kappa shape index (κ1) is 19.6. The van der Waals surface area contributed by atoms with Gasteiger partial charge in [0.25, 0.3) is 0 Å². The van der Waals surface area contributed by atoms with Gasteiger partial charge in [-0.15, -0.1) is 0 Å². The SMILES string of the molecule is CCOC(=O)N1CCN(C[C@H](O)COCC2=CC[C@@H]3C[C@H]2C3(C)C)CC1. The first-order chi connectivity index (χ1) is 12.4. The summed E-state index contributed by atoms with van der Waals surface area (Å²) in [5.74, 6) is 1.50. The van der Waals surface area contributed by atoms with E-state index in [0.29, 0.717) is 50.8 Å². The molecule has 148 valence electrons. The summed E-state index contributed by atoms with van der Waals surface area (Å²) in [5, 5.41) is 10.3. The molecule has 1 saturated carbocycles. The number of carbonyl (C=O) groups is 1. The third kappa shape index (κ3) is 4.24. The lowest BCUT2D eigenvalue weighted by Gasteiger charge is -2.56. The van der Waals surface area contributed by atoms with Crippen molar-refractivity contribution in [1.29, 1.82) is 0 Å². The number of hydrogen-bond donors (Lipinski definition) is 1. The summed E-state index contributed by atoms with van der Waals surface area (Å²) < 4.78 is 10.9. The number of fused-ring (bicyclic) bond motifs is 1. The summed E-state index contributed by atoms with van der Waals surface area (Å²) in [7, 11) is 0. The van der Waals surface area contributed by atoms with Crippen molar-refractivity contribution in [2.24, 2.45) is 17.3 Å². The van der Waals surface area contributed by atoms with E-state index in [-0.39, 0.29) is 6.09 Å². The second-order valence-corrected chi connectivity index (χ2v) is 8.48. The molecule has 1 aliphatic heterocycles. The van der Waals surface area contributed by atoms with Crippen LogP contribution in [0.4, 0.5) is 4.79 Å². The van der Waals surface area contributed by atoms with E-state index in [1.54, 1.807) is 4.90 Å². The molecule has 2 fully saturated rings. The summed E-state index contributed by atoms with van der Waals surface area (Å²) in [6.07, 6.45) is 4.10. The molecule has 1 N–H and O–H groups in total. The summed E-state index contributed by atoms with van der Waals surface area (Å²) in [5.41, 5.74) is 1.85. The molecule has 0 aromatic heterocycles. The van der Waals surface area contributed by atoms with Crippen molar-refractivity contribution in [1.82, 2.24) is 9.80 Å². The first-order valence-electron chi connectivity index (χ1n) is 10.0. The third-order valence-electron chi connectivity index (χ3n) is 6.53. The average molecular weight is 367 g/mol. The summed E-state index contributed by atoms with van der Waals surface area (Å²) in [6.45, 7) is 11.4. The minimum atomic E-state index is -0.490. The molecule has 3 aliphatic carbocycles. The maximum Gasteiger partial charge on any atom is 0.409 e. The minimum Gasteiger partial charge on any atom is -0.450 e. The van der Waals surface area contributed by atoms with E-state index in [1.807, 2.05) is 6.92 Å². The van der Waals surface area contributed by atoms with Gasteiger partial charge in [-0.2, -0.15) is 0 Å². The standard InChI is InChI=1S/C20H34N2O4/c1-4-26-19(24)22-9-7-21(8-10-22)12-17(23)14-25-13-15-5-6-16-11-18(15)20(16,2)3/h5,16-18,23H,4,6-14H2,1-3H3/t16-,17+,18-/m1/s1. The highest BCUT2D eigenvalue weighted by molar-refractivity contribution is 5.67. The van der Waals surface area contributed by atoms with E-state index in [9.17, 15) is 9.90 Å². The Morgan fingerprint density at radius 2 is 2.08 bits per heavy atom. The zero-order chi connectivity index (χ0) is 18.7. The second-order valence-electron chi connectivity index (χ2n) is 8.48. The number of piperazine rings is 1. The molecular formula is C20H34N2O4. The van der Waals surface area contributed by atoms with Crippen molar-refractivity contribution >= 4 is 6.09 Å². The van der Waals surface area contributed by atoms with Crippen molar-refractivity contribution in [2.45, 2.75) is 39.7 Å². The molecule has 0 spiro atoms. The Kier molecular flexibility index (Phi) is 6.25. The lowest BCUT2D eigenvalue weighted by molar-refractivity contribution is -0.0274. The van der Waals surface area contributed by atoms with Crippen LogP contribution in [0.25, 0.3) is 0 Å².